The predicted molar refractivity (Wildman–Crippen MR) is 78.7 cm³/mol. The Morgan fingerprint density at radius 1 is 1.32 bits per heavy atom. The van der Waals surface area contributed by atoms with Gasteiger partial charge in [-0.15, -0.1) is 11.3 Å². The van der Waals surface area contributed by atoms with Crippen LogP contribution in [0.3, 0.4) is 0 Å². The van der Waals surface area contributed by atoms with Gasteiger partial charge in [-0.05, 0) is 52.0 Å². The van der Waals surface area contributed by atoms with Crippen molar-refractivity contribution in [3.63, 3.8) is 0 Å². The third-order valence-electron chi connectivity index (χ3n) is 4.77. The predicted octanol–water partition coefficient (Wildman–Crippen LogP) is 2.30. The number of likely N-dealkylation sites (N-methyl/N-ethyl adjacent to an activating group) is 1. The van der Waals surface area contributed by atoms with Gasteiger partial charge in [0, 0.05) is 24.0 Å². The normalized spacial score (nSPS) is 31.6. The third kappa shape index (κ3) is 2.24. The molecule has 1 saturated carbocycles. The highest BCUT2D eigenvalue weighted by molar-refractivity contribution is 7.11. The Bertz CT molecular complexity index is 456. The average Bonchev–Trinajstić information content (AvgIpc) is 2.97. The van der Waals surface area contributed by atoms with E-state index in [1.165, 1.54) is 62.2 Å². The molecule has 19 heavy (non-hydrogen) atoms. The molecule has 3 aliphatic rings. The van der Waals surface area contributed by atoms with E-state index in [0.29, 0.717) is 0 Å². The minimum Gasteiger partial charge on any atom is -0.304 e. The summed E-state index contributed by atoms with van der Waals surface area (Å²) in [7, 11) is 2.24. The van der Waals surface area contributed by atoms with Gasteiger partial charge in [0.05, 0.1) is 11.2 Å². The number of nitrogens with one attached hydrogen (secondary N) is 1. The Kier molecular flexibility index (Phi) is 2.94. The summed E-state index contributed by atoms with van der Waals surface area (Å²) in [6, 6.07) is 0.757. The van der Waals surface area contributed by atoms with Crippen molar-refractivity contribution in [3.8, 4) is 0 Å². The fourth-order valence-electron chi connectivity index (χ4n) is 3.53. The first kappa shape index (κ1) is 12.3. The van der Waals surface area contributed by atoms with E-state index in [2.05, 4.69) is 17.3 Å². The zero-order valence-corrected chi connectivity index (χ0v) is 12.6. The van der Waals surface area contributed by atoms with Gasteiger partial charge in [-0.3, -0.25) is 0 Å². The minimum absolute atomic E-state index is 0.165. The zero-order chi connectivity index (χ0) is 12.9. The van der Waals surface area contributed by atoms with Crippen molar-refractivity contribution in [2.24, 2.45) is 0 Å². The molecular weight excluding hydrogens is 254 g/mol. The van der Waals surface area contributed by atoms with Crippen LogP contribution in [0, 0.1) is 0 Å². The number of likely N-dealkylation sites (tertiary alicyclic amines) is 1. The lowest BCUT2D eigenvalue weighted by molar-refractivity contribution is 0.312. The monoisotopic (exact) mass is 277 g/mol. The first-order valence-corrected chi connectivity index (χ1v) is 8.52. The van der Waals surface area contributed by atoms with Crippen LogP contribution >= 0.6 is 11.3 Å². The summed E-state index contributed by atoms with van der Waals surface area (Å²) in [5.41, 5.74) is 1.58. The molecule has 1 aromatic heterocycles. The second-order valence-electron chi connectivity index (χ2n) is 6.58. The molecule has 4 rings (SSSR count). The Balaban J connectivity index is 1.67. The van der Waals surface area contributed by atoms with E-state index >= 15 is 0 Å². The van der Waals surface area contributed by atoms with Crippen molar-refractivity contribution in [2.75, 3.05) is 20.1 Å². The van der Waals surface area contributed by atoms with Crippen LogP contribution in [-0.2, 0) is 18.4 Å². The summed E-state index contributed by atoms with van der Waals surface area (Å²) in [5.74, 6) is 0. The Hall–Kier alpha value is -0.450. The van der Waals surface area contributed by atoms with Gasteiger partial charge in [-0.2, -0.15) is 0 Å². The molecule has 0 aromatic carbocycles. The van der Waals surface area contributed by atoms with E-state index in [0.717, 1.165) is 12.6 Å². The summed E-state index contributed by atoms with van der Waals surface area (Å²) >= 11 is 2.00. The molecule has 0 spiro atoms. The quantitative estimate of drug-likeness (QED) is 0.919. The van der Waals surface area contributed by atoms with Gasteiger partial charge in [0.2, 0.25) is 0 Å². The maximum atomic E-state index is 5.05. The molecule has 0 amide bonds. The zero-order valence-electron chi connectivity index (χ0n) is 11.7. The highest BCUT2D eigenvalue weighted by Gasteiger charge is 2.44. The number of nitrogens with zero attached hydrogens (tertiary/aromatic N) is 2. The van der Waals surface area contributed by atoms with Crippen molar-refractivity contribution >= 4 is 11.3 Å². The summed E-state index contributed by atoms with van der Waals surface area (Å²) in [4.78, 5) is 9.08. The number of hydrogen-bond acceptors (Lipinski definition) is 4. The van der Waals surface area contributed by atoms with Gasteiger partial charge in [0.25, 0.3) is 0 Å². The summed E-state index contributed by atoms with van der Waals surface area (Å²) in [5, 5.41) is 5.31. The first-order valence-electron chi connectivity index (χ1n) is 7.70. The van der Waals surface area contributed by atoms with Crippen LogP contribution in [0.5, 0.6) is 0 Å². The summed E-state index contributed by atoms with van der Waals surface area (Å²) in [6.45, 7) is 2.33. The number of aromatic nitrogens is 1. The molecule has 1 aliphatic heterocycles. The maximum Gasteiger partial charge on any atom is 0.115 e. The van der Waals surface area contributed by atoms with Crippen molar-refractivity contribution in [1.82, 2.24) is 15.2 Å². The van der Waals surface area contributed by atoms with Crippen molar-refractivity contribution < 1.29 is 0 Å². The molecule has 2 heterocycles. The van der Waals surface area contributed by atoms with E-state index in [-0.39, 0.29) is 5.54 Å². The molecule has 2 aliphatic carbocycles. The highest BCUT2D eigenvalue weighted by Crippen LogP contribution is 2.39. The lowest BCUT2D eigenvalue weighted by Crippen LogP contribution is -2.45. The van der Waals surface area contributed by atoms with E-state index in [1.54, 1.807) is 4.88 Å². The number of thiazole rings is 1. The molecule has 0 radical (unpaired) electrons. The van der Waals surface area contributed by atoms with Crippen LogP contribution < -0.4 is 5.32 Å². The van der Waals surface area contributed by atoms with Gasteiger partial charge >= 0.3 is 0 Å². The molecule has 1 atom stereocenters. The molecule has 104 valence electrons. The molecule has 3 nitrogen and oxygen atoms in total. The van der Waals surface area contributed by atoms with Crippen LogP contribution in [0.4, 0.5) is 0 Å². The average molecular weight is 277 g/mol. The minimum atomic E-state index is 0.165. The second-order valence-corrected chi connectivity index (χ2v) is 7.67. The number of hydrogen-bond donors (Lipinski definition) is 1. The third-order valence-corrected chi connectivity index (χ3v) is 6.13. The maximum absolute atomic E-state index is 5.05. The molecule has 0 bridgehead atoms. The molecule has 4 heteroatoms. The van der Waals surface area contributed by atoms with Crippen LogP contribution in [0.1, 0.15) is 47.7 Å². The van der Waals surface area contributed by atoms with Gasteiger partial charge in [-0.1, -0.05) is 0 Å². The van der Waals surface area contributed by atoms with Gasteiger partial charge in [0.15, 0.2) is 0 Å². The van der Waals surface area contributed by atoms with E-state index in [4.69, 9.17) is 4.98 Å². The van der Waals surface area contributed by atoms with Gasteiger partial charge in [0.1, 0.15) is 5.01 Å². The van der Waals surface area contributed by atoms with E-state index in [1.807, 2.05) is 11.3 Å². The molecule has 2 fully saturated rings. The Morgan fingerprint density at radius 3 is 2.84 bits per heavy atom. The Morgan fingerprint density at radius 2 is 2.16 bits per heavy atom. The second kappa shape index (κ2) is 4.54. The van der Waals surface area contributed by atoms with Crippen molar-refractivity contribution in [1.29, 1.82) is 0 Å². The molecule has 1 unspecified atom stereocenters. The molecule has 1 aromatic rings. The van der Waals surface area contributed by atoms with Crippen LogP contribution in [0.15, 0.2) is 0 Å². The van der Waals surface area contributed by atoms with Crippen LogP contribution in [0.25, 0.3) is 0 Å². The first-order chi connectivity index (χ1) is 9.25. The van der Waals surface area contributed by atoms with Crippen LogP contribution in [-0.4, -0.2) is 36.1 Å². The standard InChI is InChI=1S/C15H23N3S/c1-18-9-8-15(10-18,17-11-6-7-11)14-16-12-4-2-3-5-13(12)19-14/h11,17H,2-10H2,1H3. The SMILES string of the molecule is CN1CCC(NC2CC2)(c2nc3c(s2)CCCC3)C1. The van der Waals surface area contributed by atoms with Crippen molar-refractivity contribution in [3.05, 3.63) is 15.6 Å². The smallest absolute Gasteiger partial charge is 0.115 e. The molecule has 1 N–H and O–H groups in total. The van der Waals surface area contributed by atoms with Gasteiger partial charge in [-0.25, -0.2) is 4.98 Å². The van der Waals surface area contributed by atoms with Crippen LogP contribution in [0.2, 0.25) is 0 Å². The van der Waals surface area contributed by atoms with E-state index < -0.39 is 0 Å². The number of aryl methyl sites for hydroxylation is 2. The lowest BCUT2D eigenvalue weighted by atomic mass is 9.98. The topological polar surface area (TPSA) is 28.2 Å². The van der Waals surface area contributed by atoms with E-state index in [9.17, 15) is 0 Å². The summed E-state index contributed by atoms with van der Waals surface area (Å²) < 4.78 is 0. The fraction of sp³-hybridized carbons (Fsp3) is 0.800. The lowest BCUT2D eigenvalue weighted by Gasteiger charge is -2.28. The number of rotatable bonds is 3. The number of fused-ring (bicyclic) bond motifs is 1. The largest absolute Gasteiger partial charge is 0.304 e. The fourth-order valence-corrected chi connectivity index (χ4v) is 4.85. The Labute approximate surface area is 119 Å². The molecular formula is C15H23N3S. The summed E-state index contributed by atoms with van der Waals surface area (Å²) in [6.07, 6.45) is 9.11. The van der Waals surface area contributed by atoms with Crippen molar-refractivity contribution in [2.45, 2.75) is 56.5 Å². The highest BCUT2D eigenvalue weighted by atomic mass is 32.1. The van der Waals surface area contributed by atoms with Gasteiger partial charge < -0.3 is 10.2 Å². The molecule has 1 saturated heterocycles.